The summed E-state index contributed by atoms with van der Waals surface area (Å²) >= 11 is 0. The van der Waals surface area contributed by atoms with E-state index in [0.29, 0.717) is 5.92 Å². The van der Waals surface area contributed by atoms with Gasteiger partial charge in [-0.25, -0.2) is 0 Å². The Morgan fingerprint density at radius 1 is 1.17 bits per heavy atom. The minimum absolute atomic E-state index is 0.398. The van der Waals surface area contributed by atoms with E-state index in [4.69, 9.17) is 4.99 Å². The van der Waals surface area contributed by atoms with Crippen LogP contribution in [0.15, 0.2) is 41.7 Å². The average molecular weight is 327 g/mol. The number of aryl methyl sites for hydroxylation is 2. The number of hydrogen-bond acceptors (Lipinski definition) is 2. The van der Waals surface area contributed by atoms with Crippen LogP contribution in [-0.2, 0) is 6.54 Å². The van der Waals surface area contributed by atoms with Crippen molar-refractivity contribution in [2.45, 2.75) is 40.2 Å². The lowest BCUT2D eigenvalue weighted by atomic mass is 10.0. The van der Waals surface area contributed by atoms with E-state index in [0.717, 1.165) is 32.1 Å². The van der Waals surface area contributed by atoms with Crippen LogP contribution in [0.1, 0.15) is 36.5 Å². The van der Waals surface area contributed by atoms with Gasteiger partial charge in [0.05, 0.1) is 12.7 Å². The van der Waals surface area contributed by atoms with Crippen LogP contribution in [-0.4, -0.2) is 35.4 Å². The zero-order chi connectivity index (χ0) is 17.4. The fraction of sp³-hybridized carbons (Fsp3) is 0.474. The lowest BCUT2D eigenvalue weighted by molar-refractivity contribution is 0.597. The standard InChI is InChI=1S/C19H29N5/c1-5-20-19(21-10-11-24-14-16(3)12-23-24)22-13-17(4)18-8-6-15(2)7-9-18/h6-9,12,14,17H,5,10-11,13H2,1-4H3,(H2,20,21,22). The summed E-state index contributed by atoms with van der Waals surface area (Å²) in [5, 5.41) is 11.0. The summed E-state index contributed by atoms with van der Waals surface area (Å²) in [6.07, 6.45) is 3.92. The molecule has 130 valence electrons. The topological polar surface area (TPSA) is 54.2 Å². The molecule has 1 atom stereocenters. The molecule has 5 nitrogen and oxygen atoms in total. The Morgan fingerprint density at radius 3 is 2.54 bits per heavy atom. The van der Waals surface area contributed by atoms with Gasteiger partial charge in [0, 0.05) is 31.7 Å². The van der Waals surface area contributed by atoms with Crippen molar-refractivity contribution in [3.05, 3.63) is 53.3 Å². The number of aliphatic imine (C=N–C) groups is 1. The third-order valence-corrected chi connectivity index (χ3v) is 3.91. The monoisotopic (exact) mass is 327 g/mol. The van der Waals surface area contributed by atoms with Gasteiger partial charge in [0.15, 0.2) is 5.96 Å². The molecule has 0 saturated carbocycles. The molecule has 1 unspecified atom stereocenters. The van der Waals surface area contributed by atoms with Crippen molar-refractivity contribution in [2.24, 2.45) is 4.99 Å². The zero-order valence-electron chi connectivity index (χ0n) is 15.2. The molecule has 1 heterocycles. The summed E-state index contributed by atoms with van der Waals surface area (Å²) in [6, 6.07) is 8.70. The predicted octanol–water partition coefficient (Wildman–Crippen LogP) is 2.86. The van der Waals surface area contributed by atoms with Crippen molar-refractivity contribution >= 4 is 5.96 Å². The fourth-order valence-corrected chi connectivity index (χ4v) is 2.45. The Hall–Kier alpha value is -2.30. The van der Waals surface area contributed by atoms with Crippen LogP contribution in [0.4, 0.5) is 0 Å². The van der Waals surface area contributed by atoms with Gasteiger partial charge in [-0.2, -0.15) is 5.10 Å². The highest BCUT2D eigenvalue weighted by Crippen LogP contribution is 2.15. The molecule has 5 heteroatoms. The van der Waals surface area contributed by atoms with E-state index in [1.165, 1.54) is 16.7 Å². The van der Waals surface area contributed by atoms with Gasteiger partial charge in [-0.15, -0.1) is 0 Å². The lowest BCUT2D eigenvalue weighted by Crippen LogP contribution is -2.39. The number of rotatable bonds is 7. The summed E-state index contributed by atoms with van der Waals surface area (Å²) < 4.78 is 1.95. The molecule has 2 rings (SSSR count). The van der Waals surface area contributed by atoms with Gasteiger partial charge in [-0.05, 0) is 31.9 Å². The van der Waals surface area contributed by atoms with Gasteiger partial charge in [0.25, 0.3) is 0 Å². The first-order valence-corrected chi connectivity index (χ1v) is 8.66. The van der Waals surface area contributed by atoms with Crippen molar-refractivity contribution in [3.63, 3.8) is 0 Å². The van der Waals surface area contributed by atoms with Gasteiger partial charge in [0.1, 0.15) is 0 Å². The molecule has 0 fully saturated rings. The van der Waals surface area contributed by atoms with Crippen LogP contribution in [0, 0.1) is 13.8 Å². The third-order valence-electron chi connectivity index (χ3n) is 3.91. The smallest absolute Gasteiger partial charge is 0.191 e. The molecule has 0 amide bonds. The van der Waals surface area contributed by atoms with Crippen molar-refractivity contribution in [3.8, 4) is 0 Å². The maximum absolute atomic E-state index is 4.71. The van der Waals surface area contributed by atoms with Crippen molar-refractivity contribution in [1.29, 1.82) is 0 Å². The quantitative estimate of drug-likeness (QED) is 0.607. The molecule has 1 aromatic heterocycles. The third kappa shape index (κ3) is 5.72. The molecule has 1 aromatic carbocycles. The molecular formula is C19H29N5. The van der Waals surface area contributed by atoms with Gasteiger partial charge < -0.3 is 10.6 Å². The lowest BCUT2D eigenvalue weighted by Gasteiger charge is -2.14. The highest BCUT2D eigenvalue weighted by molar-refractivity contribution is 5.79. The Morgan fingerprint density at radius 2 is 1.92 bits per heavy atom. The maximum Gasteiger partial charge on any atom is 0.191 e. The maximum atomic E-state index is 4.71. The number of nitrogens with zero attached hydrogens (tertiary/aromatic N) is 3. The highest BCUT2D eigenvalue weighted by atomic mass is 15.3. The molecule has 2 N–H and O–H groups in total. The van der Waals surface area contributed by atoms with Gasteiger partial charge in [0.2, 0.25) is 0 Å². The first-order chi connectivity index (χ1) is 11.6. The molecule has 0 saturated heterocycles. The number of aromatic nitrogens is 2. The molecule has 24 heavy (non-hydrogen) atoms. The second kappa shape index (κ2) is 9.11. The van der Waals surface area contributed by atoms with Crippen LogP contribution in [0.3, 0.4) is 0 Å². The largest absolute Gasteiger partial charge is 0.357 e. The van der Waals surface area contributed by atoms with Crippen LogP contribution in [0.25, 0.3) is 0 Å². The Bertz CT molecular complexity index is 642. The van der Waals surface area contributed by atoms with Gasteiger partial charge in [-0.1, -0.05) is 36.8 Å². The molecule has 0 aliphatic carbocycles. The van der Waals surface area contributed by atoms with E-state index in [1.807, 2.05) is 17.1 Å². The number of guanidine groups is 1. The SMILES string of the molecule is CCNC(=NCC(C)c1ccc(C)cc1)NCCn1cc(C)cn1. The first-order valence-electron chi connectivity index (χ1n) is 8.66. The Balaban J connectivity index is 1.86. The second-order valence-corrected chi connectivity index (χ2v) is 6.24. The predicted molar refractivity (Wildman–Crippen MR) is 101 cm³/mol. The van der Waals surface area contributed by atoms with Gasteiger partial charge in [-0.3, -0.25) is 9.67 Å². The first kappa shape index (κ1) is 18.0. The molecule has 0 spiro atoms. The summed E-state index contributed by atoms with van der Waals surface area (Å²) in [6.45, 7) is 11.7. The number of nitrogens with one attached hydrogen (secondary N) is 2. The molecule has 0 bridgehead atoms. The van der Waals surface area contributed by atoms with Crippen LogP contribution in [0.5, 0.6) is 0 Å². The molecule has 2 aromatic rings. The van der Waals surface area contributed by atoms with Crippen LogP contribution in [0.2, 0.25) is 0 Å². The minimum Gasteiger partial charge on any atom is -0.357 e. The summed E-state index contributed by atoms with van der Waals surface area (Å²) in [5.41, 5.74) is 3.80. The van der Waals surface area contributed by atoms with E-state index in [9.17, 15) is 0 Å². The summed E-state index contributed by atoms with van der Waals surface area (Å²) in [4.78, 5) is 4.71. The van der Waals surface area contributed by atoms with E-state index in [1.54, 1.807) is 0 Å². The number of benzene rings is 1. The van der Waals surface area contributed by atoms with Crippen molar-refractivity contribution < 1.29 is 0 Å². The second-order valence-electron chi connectivity index (χ2n) is 6.24. The average Bonchev–Trinajstić information content (AvgIpc) is 2.98. The normalized spacial score (nSPS) is 12.9. The van der Waals surface area contributed by atoms with Crippen molar-refractivity contribution in [1.82, 2.24) is 20.4 Å². The van der Waals surface area contributed by atoms with Gasteiger partial charge >= 0.3 is 0 Å². The Labute approximate surface area is 145 Å². The molecule has 0 aliphatic heterocycles. The van der Waals surface area contributed by atoms with E-state index in [-0.39, 0.29) is 0 Å². The van der Waals surface area contributed by atoms with Crippen LogP contribution < -0.4 is 10.6 Å². The fourth-order valence-electron chi connectivity index (χ4n) is 2.45. The number of hydrogen-bond donors (Lipinski definition) is 2. The minimum atomic E-state index is 0.398. The van der Waals surface area contributed by atoms with E-state index in [2.05, 4.69) is 67.7 Å². The molecule has 0 aliphatic rings. The van der Waals surface area contributed by atoms with Crippen molar-refractivity contribution in [2.75, 3.05) is 19.6 Å². The van der Waals surface area contributed by atoms with Crippen LogP contribution >= 0.6 is 0 Å². The molecule has 0 radical (unpaired) electrons. The summed E-state index contributed by atoms with van der Waals surface area (Å²) in [7, 11) is 0. The van der Waals surface area contributed by atoms with E-state index >= 15 is 0 Å². The highest BCUT2D eigenvalue weighted by Gasteiger charge is 2.05. The van der Waals surface area contributed by atoms with E-state index < -0.39 is 0 Å². The Kier molecular flexibility index (Phi) is 6.85. The zero-order valence-corrected chi connectivity index (χ0v) is 15.2. The molecular weight excluding hydrogens is 298 g/mol. The summed E-state index contributed by atoms with van der Waals surface area (Å²) in [5.74, 6) is 1.26.